The van der Waals surface area contributed by atoms with Gasteiger partial charge in [0.25, 0.3) is 0 Å². The van der Waals surface area contributed by atoms with E-state index in [1.165, 1.54) is 12.8 Å². The molecule has 0 aromatic heterocycles. The maximum atomic E-state index is 11.7. The van der Waals surface area contributed by atoms with E-state index in [2.05, 4.69) is 18.7 Å². The molecule has 4 nitrogen and oxygen atoms in total. The van der Waals surface area contributed by atoms with Crippen molar-refractivity contribution in [3.63, 3.8) is 0 Å². The van der Waals surface area contributed by atoms with Crippen LogP contribution in [0.2, 0.25) is 0 Å². The summed E-state index contributed by atoms with van der Waals surface area (Å²) < 4.78 is 10.9. The zero-order chi connectivity index (χ0) is 13.9. The second-order valence-electron chi connectivity index (χ2n) is 6.33. The highest BCUT2D eigenvalue weighted by molar-refractivity contribution is 5.73. The van der Waals surface area contributed by atoms with E-state index in [9.17, 15) is 4.79 Å². The third-order valence-electron chi connectivity index (χ3n) is 4.13. The van der Waals surface area contributed by atoms with Crippen molar-refractivity contribution in [3.05, 3.63) is 0 Å². The summed E-state index contributed by atoms with van der Waals surface area (Å²) in [5.41, 5.74) is 0.369. The van der Waals surface area contributed by atoms with Crippen molar-refractivity contribution in [2.45, 2.75) is 46.1 Å². The SMILES string of the molecule is CCOC(=O)[C@@H]1CCN(CC2(COC(C)C)CC2)C1. The summed E-state index contributed by atoms with van der Waals surface area (Å²) in [7, 11) is 0. The summed E-state index contributed by atoms with van der Waals surface area (Å²) in [6, 6.07) is 0. The van der Waals surface area contributed by atoms with Crippen LogP contribution >= 0.6 is 0 Å². The average Bonchev–Trinajstić information content (AvgIpc) is 2.95. The third-order valence-corrected chi connectivity index (χ3v) is 4.13. The van der Waals surface area contributed by atoms with Gasteiger partial charge in [-0.15, -0.1) is 0 Å². The van der Waals surface area contributed by atoms with Crippen molar-refractivity contribution in [2.75, 3.05) is 32.8 Å². The Morgan fingerprint density at radius 3 is 2.74 bits per heavy atom. The number of carbonyl (C=O) groups is 1. The number of esters is 1. The maximum Gasteiger partial charge on any atom is 0.310 e. The molecule has 0 radical (unpaired) electrons. The van der Waals surface area contributed by atoms with Crippen LogP contribution in [0.1, 0.15) is 40.0 Å². The fraction of sp³-hybridized carbons (Fsp3) is 0.933. The second-order valence-corrected chi connectivity index (χ2v) is 6.33. The summed E-state index contributed by atoms with van der Waals surface area (Å²) in [5, 5.41) is 0. The zero-order valence-corrected chi connectivity index (χ0v) is 12.5. The maximum absolute atomic E-state index is 11.7. The van der Waals surface area contributed by atoms with Gasteiger partial charge in [-0.3, -0.25) is 4.79 Å². The van der Waals surface area contributed by atoms with E-state index in [1.807, 2.05) is 6.92 Å². The third kappa shape index (κ3) is 4.18. The molecule has 1 saturated heterocycles. The Morgan fingerprint density at radius 2 is 2.16 bits per heavy atom. The van der Waals surface area contributed by atoms with Gasteiger partial charge < -0.3 is 14.4 Å². The van der Waals surface area contributed by atoms with Crippen LogP contribution in [0.25, 0.3) is 0 Å². The molecule has 4 heteroatoms. The Labute approximate surface area is 116 Å². The Morgan fingerprint density at radius 1 is 1.42 bits per heavy atom. The van der Waals surface area contributed by atoms with Gasteiger partial charge in [-0.25, -0.2) is 0 Å². The molecule has 0 spiro atoms. The lowest BCUT2D eigenvalue weighted by Gasteiger charge is -2.24. The van der Waals surface area contributed by atoms with Gasteiger partial charge in [0, 0.05) is 18.5 Å². The monoisotopic (exact) mass is 269 g/mol. The number of hydrogen-bond acceptors (Lipinski definition) is 4. The molecule has 1 saturated carbocycles. The van der Waals surface area contributed by atoms with E-state index in [0.29, 0.717) is 18.1 Å². The van der Waals surface area contributed by atoms with Gasteiger partial charge in [0.2, 0.25) is 0 Å². The lowest BCUT2D eigenvalue weighted by molar-refractivity contribution is -0.147. The van der Waals surface area contributed by atoms with Crippen molar-refractivity contribution in [1.29, 1.82) is 0 Å². The van der Waals surface area contributed by atoms with Crippen LogP contribution in [0.15, 0.2) is 0 Å². The van der Waals surface area contributed by atoms with Crippen molar-refractivity contribution >= 4 is 5.97 Å². The molecule has 1 aliphatic heterocycles. The lowest BCUT2D eigenvalue weighted by Crippen LogP contribution is -2.32. The van der Waals surface area contributed by atoms with Gasteiger partial charge in [-0.2, -0.15) is 0 Å². The minimum Gasteiger partial charge on any atom is -0.466 e. The number of rotatable bonds is 7. The Kier molecular flexibility index (Phi) is 4.85. The van der Waals surface area contributed by atoms with Gasteiger partial charge in [-0.05, 0) is 46.6 Å². The van der Waals surface area contributed by atoms with Crippen molar-refractivity contribution in [1.82, 2.24) is 4.90 Å². The first-order valence-corrected chi connectivity index (χ1v) is 7.55. The molecular weight excluding hydrogens is 242 g/mol. The number of likely N-dealkylation sites (tertiary alicyclic amines) is 1. The molecule has 110 valence electrons. The molecule has 0 aromatic carbocycles. The molecule has 2 aliphatic rings. The van der Waals surface area contributed by atoms with Crippen LogP contribution in [0, 0.1) is 11.3 Å². The molecule has 1 aliphatic carbocycles. The van der Waals surface area contributed by atoms with Gasteiger partial charge in [0.05, 0.1) is 25.2 Å². The quantitative estimate of drug-likeness (QED) is 0.663. The largest absolute Gasteiger partial charge is 0.466 e. The first-order chi connectivity index (χ1) is 9.04. The topological polar surface area (TPSA) is 38.8 Å². The van der Waals surface area contributed by atoms with E-state index in [4.69, 9.17) is 9.47 Å². The second kappa shape index (κ2) is 6.23. The van der Waals surface area contributed by atoms with Crippen molar-refractivity contribution in [3.8, 4) is 0 Å². The normalized spacial score (nSPS) is 25.8. The van der Waals surface area contributed by atoms with Gasteiger partial charge in [0.1, 0.15) is 0 Å². The molecule has 0 aromatic rings. The molecule has 19 heavy (non-hydrogen) atoms. The highest BCUT2D eigenvalue weighted by Crippen LogP contribution is 2.47. The van der Waals surface area contributed by atoms with Crippen molar-refractivity contribution in [2.24, 2.45) is 11.3 Å². The zero-order valence-electron chi connectivity index (χ0n) is 12.5. The molecule has 0 bridgehead atoms. The number of nitrogens with zero attached hydrogens (tertiary/aromatic N) is 1. The van der Waals surface area contributed by atoms with Gasteiger partial charge in [-0.1, -0.05) is 0 Å². The fourth-order valence-corrected chi connectivity index (χ4v) is 2.77. The molecule has 2 rings (SSSR count). The van der Waals surface area contributed by atoms with E-state index in [0.717, 1.165) is 32.7 Å². The summed E-state index contributed by atoms with van der Waals surface area (Å²) in [6.45, 7) is 10.4. The number of carbonyl (C=O) groups excluding carboxylic acids is 1. The van der Waals surface area contributed by atoms with Crippen LogP contribution < -0.4 is 0 Å². The summed E-state index contributed by atoms with van der Waals surface area (Å²) >= 11 is 0. The van der Waals surface area contributed by atoms with E-state index in [-0.39, 0.29) is 11.9 Å². The van der Waals surface area contributed by atoms with Crippen LogP contribution in [0.3, 0.4) is 0 Å². The number of ether oxygens (including phenoxy) is 2. The molecule has 1 atom stereocenters. The number of hydrogen-bond donors (Lipinski definition) is 0. The van der Waals surface area contributed by atoms with Crippen LogP contribution in [0.4, 0.5) is 0 Å². The Hall–Kier alpha value is -0.610. The fourth-order valence-electron chi connectivity index (χ4n) is 2.77. The van der Waals surface area contributed by atoms with Crippen LogP contribution in [0.5, 0.6) is 0 Å². The Balaban J connectivity index is 1.74. The van der Waals surface area contributed by atoms with E-state index >= 15 is 0 Å². The molecule has 0 amide bonds. The summed E-state index contributed by atoms with van der Waals surface area (Å²) in [6.07, 6.45) is 3.78. The smallest absolute Gasteiger partial charge is 0.310 e. The average molecular weight is 269 g/mol. The molecular formula is C15H27NO3. The van der Waals surface area contributed by atoms with Crippen LogP contribution in [-0.2, 0) is 14.3 Å². The molecule has 0 N–H and O–H groups in total. The molecule has 0 unspecified atom stereocenters. The standard InChI is InChI=1S/C15H27NO3/c1-4-18-14(17)13-5-8-16(9-13)10-15(6-7-15)11-19-12(2)3/h12-13H,4-11H2,1-3H3/t13-/m1/s1. The van der Waals surface area contributed by atoms with E-state index < -0.39 is 0 Å². The van der Waals surface area contributed by atoms with Gasteiger partial charge >= 0.3 is 5.97 Å². The first kappa shape index (κ1) is 14.8. The van der Waals surface area contributed by atoms with Crippen molar-refractivity contribution < 1.29 is 14.3 Å². The minimum atomic E-state index is -0.0201. The molecule has 2 fully saturated rings. The Bertz CT molecular complexity index is 313. The van der Waals surface area contributed by atoms with E-state index in [1.54, 1.807) is 0 Å². The minimum absolute atomic E-state index is 0.0201. The highest BCUT2D eigenvalue weighted by Gasteiger charge is 2.45. The summed E-state index contributed by atoms with van der Waals surface area (Å²) in [5.74, 6) is 0.0649. The van der Waals surface area contributed by atoms with Crippen LogP contribution in [-0.4, -0.2) is 49.8 Å². The first-order valence-electron chi connectivity index (χ1n) is 7.55. The highest BCUT2D eigenvalue weighted by atomic mass is 16.5. The molecule has 1 heterocycles. The predicted octanol–water partition coefficient (Wildman–Crippen LogP) is 2.08. The predicted molar refractivity (Wildman–Crippen MR) is 73.9 cm³/mol. The van der Waals surface area contributed by atoms with Gasteiger partial charge in [0.15, 0.2) is 0 Å². The summed E-state index contributed by atoms with van der Waals surface area (Å²) in [4.78, 5) is 14.1. The lowest BCUT2D eigenvalue weighted by atomic mass is 10.1.